The van der Waals surface area contributed by atoms with Crippen molar-refractivity contribution >= 4 is 22.4 Å². The summed E-state index contributed by atoms with van der Waals surface area (Å²) in [7, 11) is 1.93. The minimum absolute atomic E-state index is 0.0786. The van der Waals surface area contributed by atoms with E-state index in [-0.39, 0.29) is 18.6 Å². The maximum atomic E-state index is 12.6. The second-order valence-corrected chi connectivity index (χ2v) is 7.85. The molecule has 6 nitrogen and oxygen atoms in total. The van der Waals surface area contributed by atoms with Crippen LogP contribution in [0.2, 0.25) is 0 Å². The van der Waals surface area contributed by atoms with Crippen molar-refractivity contribution in [1.82, 2.24) is 14.5 Å². The quantitative estimate of drug-likeness (QED) is 0.476. The van der Waals surface area contributed by atoms with E-state index in [2.05, 4.69) is 15.3 Å². The van der Waals surface area contributed by atoms with Crippen LogP contribution in [-0.4, -0.2) is 27.0 Å². The summed E-state index contributed by atoms with van der Waals surface area (Å²) in [5.74, 6) is 0.585. The molecule has 30 heavy (non-hydrogen) atoms. The van der Waals surface area contributed by atoms with Gasteiger partial charge in [-0.05, 0) is 18.1 Å². The average Bonchev–Trinajstić information content (AvgIpc) is 3.34. The van der Waals surface area contributed by atoms with E-state index in [1.54, 1.807) is 6.20 Å². The Bertz CT molecular complexity index is 1080. The van der Waals surface area contributed by atoms with E-state index in [0.29, 0.717) is 5.13 Å². The lowest BCUT2D eigenvalue weighted by Gasteiger charge is -2.18. The topological polar surface area (TPSA) is 69.0 Å². The van der Waals surface area contributed by atoms with Gasteiger partial charge in [-0.25, -0.2) is 9.97 Å². The number of imidazole rings is 1. The first-order chi connectivity index (χ1) is 14.6. The number of hydrogen-bond donors (Lipinski definition) is 1. The number of rotatable bonds is 7. The molecule has 2 aromatic heterocycles. The fourth-order valence-corrected chi connectivity index (χ4v) is 4.22. The highest BCUT2D eigenvalue weighted by molar-refractivity contribution is 7.19. The fourth-order valence-electron chi connectivity index (χ4n) is 3.20. The minimum Gasteiger partial charge on any atom is -0.359 e. The zero-order valence-corrected chi connectivity index (χ0v) is 17.6. The Morgan fingerprint density at radius 1 is 1.10 bits per heavy atom. The van der Waals surface area contributed by atoms with Gasteiger partial charge in [-0.2, -0.15) is 0 Å². The number of ether oxygens (including phenoxy) is 1. The first-order valence-electron chi connectivity index (χ1n) is 9.58. The van der Waals surface area contributed by atoms with E-state index in [9.17, 15) is 4.79 Å². The molecule has 0 unspecified atom stereocenters. The Labute approximate surface area is 179 Å². The summed E-state index contributed by atoms with van der Waals surface area (Å²) in [5.41, 5.74) is 2.83. The highest BCUT2D eigenvalue weighted by Crippen LogP contribution is 2.31. The molecule has 0 atom stereocenters. The van der Waals surface area contributed by atoms with Gasteiger partial charge in [0.25, 0.3) is 5.91 Å². The number of thiazole rings is 1. The normalized spacial score (nSPS) is 11.0. The largest absolute Gasteiger partial charge is 0.359 e. The number of carbonyl (C=O) groups excluding carboxylic acids is 1. The summed E-state index contributed by atoms with van der Waals surface area (Å²) in [4.78, 5) is 22.3. The van der Waals surface area contributed by atoms with Crippen LogP contribution in [0.15, 0.2) is 73.1 Å². The van der Waals surface area contributed by atoms with Crippen molar-refractivity contribution < 1.29 is 9.53 Å². The number of benzene rings is 2. The number of anilines is 1. The van der Waals surface area contributed by atoms with Crippen LogP contribution < -0.4 is 5.32 Å². The fraction of sp³-hybridized carbons (Fsp3) is 0.174. The standard InChI is InChI=1S/C23H22N4O2S/c1-16-21(22-24-13-14-27(22)2)30-23(25-16)26-19(28)15-29-20(17-9-5-3-6-10-17)18-11-7-4-8-12-18/h3-14,20H,15H2,1-2H3,(H,25,26,28). The van der Waals surface area contributed by atoms with E-state index in [1.807, 2.05) is 85.4 Å². The molecule has 152 valence electrons. The van der Waals surface area contributed by atoms with Crippen molar-refractivity contribution in [3.05, 3.63) is 89.9 Å². The number of aryl methyl sites for hydroxylation is 2. The Morgan fingerprint density at radius 2 is 1.73 bits per heavy atom. The summed E-state index contributed by atoms with van der Waals surface area (Å²) < 4.78 is 7.96. The van der Waals surface area contributed by atoms with Crippen LogP contribution in [0.4, 0.5) is 5.13 Å². The van der Waals surface area contributed by atoms with Crippen LogP contribution in [0, 0.1) is 6.92 Å². The molecule has 2 aromatic carbocycles. The van der Waals surface area contributed by atoms with Crippen LogP contribution in [0.1, 0.15) is 22.9 Å². The van der Waals surface area contributed by atoms with Gasteiger partial charge in [0.1, 0.15) is 12.7 Å². The monoisotopic (exact) mass is 418 g/mol. The number of hydrogen-bond acceptors (Lipinski definition) is 5. The van der Waals surface area contributed by atoms with E-state index in [4.69, 9.17) is 4.74 Å². The minimum atomic E-state index is -0.320. The molecule has 4 rings (SSSR count). The third-order valence-electron chi connectivity index (χ3n) is 4.65. The smallest absolute Gasteiger partial charge is 0.252 e. The van der Waals surface area contributed by atoms with Crippen LogP contribution in [0.5, 0.6) is 0 Å². The predicted octanol–water partition coefficient (Wildman–Crippen LogP) is 4.60. The van der Waals surface area contributed by atoms with Crippen molar-refractivity contribution in [3.8, 4) is 10.7 Å². The predicted molar refractivity (Wildman–Crippen MR) is 118 cm³/mol. The molecule has 0 aliphatic rings. The SMILES string of the molecule is Cc1nc(NC(=O)COC(c2ccccc2)c2ccccc2)sc1-c1nccn1C. The van der Waals surface area contributed by atoms with Gasteiger partial charge in [-0.15, -0.1) is 0 Å². The Morgan fingerprint density at radius 3 is 2.30 bits per heavy atom. The molecule has 0 saturated carbocycles. The molecule has 7 heteroatoms. The van der Waals surface area contributed by atoms with Crippen molar-refractivity contribution in [2.75, 3.05) is 11.9 Å². The number of carbonyl (C=O) groups is 1. The maximum Gasteiger partial charge on any atom is 0.252 e. The van der Waals surface area contributed by atoms with Crippen molar-refractivity contribution in [2.45, 2.75) is 13.0 Å². The zero-order chi connectivity index (χ0) is 20.9. The lowest BCUT2D eigenvalue weighted by Crippen LogP contribution is -2.20. The van der Waals surface area contributed by atoms with Gasteiger partial charge >= 0.3 is 0 Å². The molecular formula is C23H22N4O2S. The van der Waals surface area contributed by atoms with E-state index in [1.165, 1.54) is 11.3 Å². The van der Waals surface area contributed by atoms with Gasteiger partial charge < -0.3 is 9.30 Å². The highest BCUT2D eigenvalue weighted by Gasteiger charge is 2.18. The second kappa shape index (κ2) is 9.02. The van der Waals surface area contributed by atoms with Gasteiger partial charge in [-0.3, -0.25) is 10.1 Å². The molecular weight excluding hydrogens is 396 g/mol. The third kappa shape index (κ3) is 4.48. The van der Waals surface area contributed by atoms with E-state index in [0.717, 1.165) is 27.5 Å². The number of nitrogens with zero attached hydrogens (tertiary/aromatic N) is 3. The Kier molecular flexibility index (Phi) is 6.02. The van der Waals surface area contributed by atoms with E-state index >= 15 is 0 Å². The number of amides is 1. The number of nitrogens with one attached hydrogen (secondary N) is 1. The average molecular weight is 419 g/mol. The van der Waals surface area contributed by atoms with Crippen molar-refractivity contribution in [3.63, 3.8) is 0 Å². The first kappa shape index (κ1) is 20.0. The van der Waals surface area contributed by atoms with Crippen LogP contribution in [-0.2, 0) is 16.6 Å². The number of aromatic nitrogens is 3. The third-order valence-corrected chi connectivity index (χ3v) is 5.72. The summed E-state index contributed by atoms with van der Waals surface area (Å²) in [6.07, 6.45) is 3.31. The summed E-state index contributed by atoms with van der Waals surface area (Å²) in [5, 5.41) is 3.39. The maximum absolute atomic E-state index is 12.6. The molecule has 1 N–H and O–H groups in total. The Balaban J connectivity index is 1.45. The van der Waals surface area contributed by atoms with Gasteiger partial charge in [0, 0.05) is 19.4 Å². The lowest BCUT2D eigenvalue weighted by atomic mass is 10.0. The highest BCUT2D eigenvalue weighted by atomic mass is 32.1. The molecule has 0 bridgehead atoms. The van der Waals surface area contributed by atoms with Gasteiger partial charge in [0.2, 0.25) is 0 Å². The first-order valence-corrected chi connectivity index (χ1v) is 10.4. The lowest BCUT2D eigenvalue weighted by molar-refractivity contribution is -0.121. The molecule has 2 heterocycles. The molecule has 0 spiro atoms. The summed E-state index contributed by atoms with van der Waals surface area (Å²) >= 11 is 1.40. The Hall–Kier alpha value is -3.29. The summed E-state index contributed by atoms with van der Waals surface area (Å²) in [6, 6.07) is 19.8. The van der Waals surface area contributed by atoms with Crippen LogP contribution >= 0.6 is 11.3 Å². The molecule has 0 aliphatic heterocycles. The summed E-state index contributed by atoms with van der Waals surface area (Å²) in [6.45, 7) is 1.83. The van der Waals surface area contributed by atoms with Crippen molar-refractivity contribution in [2.24, 2.45) is 7.05 Å². The second-order valence-electron chi connectivity index (χ2n) is 6.86. The molecule has 0 radical (unpaired) electrons. The molecule has 0 fully saturated rings. The van der Waals surface area contributed by atoms with Gasteiger partial charge in [-0.1, -0.05) is 72.0 Å². The molecule has 0 saturated heterocycles. The van der Waals surface area contributed by atoms with E-state index < -0.39 is 0 Å². The van der Waals surface area contributed by atoms with Crippen molar-refractivity contribution in [1.29, 1.82) is 0 Å². The van der Waals surface area contributed by atoms with Gasteiger partial charge in [0.05, 0.1) is 10.6 Å². The zero-order valence-electron chi connectivity index (χ0n) is 16.8. The molecule has 1 amide bonds. The van der Waals surface area contributed by atoms with Gasteiger partial charge in [0.15, 0.2) is 11.0 Å². The molecule has 0 aliphatic carbocycles. The van der Waals surface area contributed by atoms with Crippen LogP contribution in [0.25, 0.3) is 10.7 Å². The van der Waals surface area contributed by atoms with Crippen LogP contribution in [0.3, 0.4) is 0 Å². The molecule has 4 aromatic rings.